The molecule has 0 atom stereocenters. The van der Waals surface area contributed by atoms with E-state index < -0.39 is 5.97 Å². The Hall–Kier alpha value is -4.42. The third-order valence-corrected chi connectivity index (χ3v) is 8.10. The first kappa shape index (κ1) is 26.8. The lowest BCUT2D eigenvalue weighted by Crippen LogP contribution is -2.36. The smallest absolute Gasteiger partial charge is 0.354 e. The number of anilines is 2. The molecule has 0 saturated carbocycles. The number of rotatable bonds is 6. The molecule has 0 amide bonds. The number of hydrogen-bond donors (Lipinski definition) is 1. The molecule has 2 aromatic heterocycles. The Labute approximate surface area is 239 Å². The third-order valence-electron chi connectivity index (χ3n) is 8.10. The van der Waals surface area contributed by atoms with E-state index in [9.17, 15) is 15.2 Å². The summed E-state index contributed by atoms with van der Waals surface area (Å²) < 4.78 is 7.32. The van der Waals surface area contributed by atoms with Crippen LogP contribution >= 0.6 is 0 Å². The van der Waals surface area contributed by atoms with Crippen molar-refractivity contribution in [1.82, 2.24) is 14.8 Å². The highest BCUT2D eigenvalue weighted by Crippen LogP contribution is 2.37. The van der Waals surface area contributed by atoms with Gasteiger partial charge in [0.25, 0.3) is 0 Å². The molecule has 9 nitrogen and oxygen atoms in total. The number of carboxylic acid groups (broad SMARTS) is 1. The van der Waals surface area contributed by atoms with Gasteiger partial charge >= 0.3 is 5.97 Å². The second-order valence-electron chi connectivity index (χ2n) is 11.1. The van der Waals surface area contributed by atoms with E-state index >= 15 is 0 Å². The molecule has 0 aliphatic carbocycles. The van der Waals surface area contributed by atoms with Gasteiger partial charge in [0.05, 0.1) is 36.1 Å². The molecule has 0 radical (unpaired) electrons. The first-order valence-electron chi connectivity index (χ1n) is 14.3. The number of benzene rings is 2. The highest BCUT2D eigenvalue weighted by Gasteiger charge is 2.24. The van der Waals surface area contributed by atoms with E-state index in [0.717, 1.165) is 78.3 Å². The van der Waals surface area contributed by atoms with Crippen LogP contribution in [0, 0.1) is 17.2 Å². The van der Waals surface area contributed by atoms with Crippen molar-refractivity contribution in [2.75, 3.05) is 49.2 Å². The van der Waals surface area contributed by atoms with Gasteiger partial charge in [-0.05, 0) is 66.3 Å². The number of nitriles is 1. The van der Waals surface area contributed by atoms with Crippen LogP contribution in [-0.2, 0) is 4.74 Å². The molecule has 2 aromatic carbocycles. The number of carbonyl (C=O) groups is 1. The molecular weight excluding hydrogens is 516 g/mol. The third kappa shape index (κ3) is 5.23. The van der Waals surface area contributed by atoms with Gasteiger partial charge in [0, 0.05) is 43.5 Å². The maximum absolute atomic E-state index is 12.2. The summed E-state index contributed by atoms with van der Waals surface area (Å²) in [5, 5.41) is 25.1. The van der Waals surface area contributed by atoms with Crippen molar-refractivity contribution >= 4 is 28.4 Å². The summed E-state index contributed by atoms with van der Waals surface area (Å²) in [7, 11) is 0. The summed E-state index contributed by atoms with van der Waals surface area (Å²) in [6, 6.07) is 20.5. The van der Waals surface area contributed by atoms with E-state index in [1.165, 1.54) is 0 Å². The van der Waals surface area contributed by atoms with E-state index in [0.29, 0.717) is 18.9 Å². The van der Waals surface area contributed by atoms with Crippen LogP contribution in [0.3, 0.4) is 0 Å². The van der Waals surface area contributed by atoms with Crippen LogP contribution < -0.4 is 9.80 Å². The molecule has 1 N–H and O–H groups in total. The Kier molecular flexibility index (Phi) is 7.33. The monoisotopic (exact) mass is 550 g/mol. The van der Waals surface area contributed by atoms with Crippen LogP contribution in [-0.4, -0.2) is 65.2 Å². The van der Waals surface area contributed by atoms with Crippen molar-refractivity contribution in [2.24, 2.45) is 5.92 Å². The van der Waals surface area contributed by atoms with Crippen LogP contribution in [0.25, 0.3) is 27.8 Å². The lowest BCUT2D eigenvalue weighted by atomic mass is 9.96. The Morgan fingerprint density at radius 1 is 0.976 bits per heavy atom. The molecule has 0 bridgehead atoms. The molecular formula is C32H34N6O3. The summed E-state index contributed by atoms with van der Waals surface area (Å²) in [6.45, 7) is 8.92. The van der Waals surface area contributed by atoms with E-state index in [-0.39, 0.29) is 17.5 Å². The summed E-state index contributed by atoms with van der Waals surface area (Å²) >= 11 is 0. The Balaban J connectivity index is 1.45. The van der Waals surface area contributed by atoms with Crippen LogP contribution in [0.5, 0.6) is 0 Å². The predicted octanol–water partition coefficient (Wildman–Crippen LogP) is 5.49. The number of carboxylic acids is 1. The normalized spacial score (nSPS) is 16.3. The first-order chi connectivity index (χ1) is 19.9. The number of morpholine rings is 1. The van der Waals surface area contributed by atoms with Gasteiger partial charge in [0.15, 0.2) is 11.3 Å². The van der Waals surface area contributed by atoms with Gasteiger partial charge in [-0.1, -0.05) is 32.0 Å². The summed E-state index contributed by atoms with van der Waals surface area (Å²) in [4.78, 5) is 21.5. The van der Waals surface area contributed by atoms with Crippen LogP contribution in [0.2, 0.25) is 0 Å². The lowest BCUT2D eigenvalue weighted by molar-refractivity contribution is 0.0691. The minimum atomic E-state index is -1.08. The van der Waals surface area contributed by atoms with Gasteiger partial charge in [-0.3, -0.25) is 0 Å². The van der Waals surface area contributed by atoms with E-state index in [4.69, 9.17) is 9.84 Å². The second-order valence-corrected chi connectivity index (χ2v) is 11.1. The predicted molar refractivity (Wildman–Crippen MR) is 159 cm³/mol. The van der Waals surface area contributed by atoms with Crippen molar-refractivity contribution < 1.29 is 14.6 Å². The van der Waals surface area contributed by atoms with Gasteiger partial charge in [-0.15, -0.1) is 0 Å². The van der Waals surface area contributed by atoms with Gasteiger partial charge in [-0.25, -0.2) is 14.5 Å². The Morgan fingerprint density at radius 3 is 2.32 bits per heavy atom. The molecule has 6 rings (SSSR count). The summed E-state index contributed by atoms with van der Waals surface area (Å²) in [5.74, 6) is -0.852. The van der Waals surface area contributed by atoms with Crippen LogP contribution in [0.15, 0.2) is 54.6 Å². The minimum absolute atomic E-state index is 0.0176. The largest absolute Gasteiger partial charge is 0.477 e. The Bertz CT molecular complexity index is 1610. The van der Waals surface area contributed by atoms with Crippen molar-refractivity contribution in [3.8, 4) is 22.9 Å². The van der Waals surface area contributed by atoms with E-state index in [1.54, 1.807) is 10.7 Å². The fourth-order valence-electron chi connectivity index (χ4n) is 5.83. The molecule has 0 spiro atoms. The molecule has 2 saturated heterocycles. The highest BCUT2D eigenvalue weighted by molar-refractivity contribution is 6.00. The second kappa shape index (κ2) is 11.2. The maximum atomic E-state index is 12.2. The minimum Gasteiger partial charge on any atom is -0.477 e. The molecule has 4 aromatic rings. The van der Waals surface area contributed by atoms with Crippen LogP contribution in [0.1, 0.15) is 48.8 Å². The first-order valence-corrected chi connectivity index (χ1v) is 14.3. The zero-order chi connectivity index (χ0) is 28.5. The molecule has 9 heteroatoms. The lowest BCUT2D eigenvalue weighted by Gasteiger charge is -2.31. The van der Waals surface area contributed by atoms with Gasteiger partial charge in [0.1, 0.15) is 0 Å². The number of hydrogen-bond acceptors (Lipinski definition) is 7. The topological polar surface area (TPSA) is 108 Å². The number of aromatic carboxylic acids is 1. The van der Waals surface area contributed by atoms with Crippen molar-refractivity contribution in [1.29, 1.82) is 5.26 Å². The number of piperidine rings is 1. The van der Waals surface area contributed by atoms with Crippen LogP contribution in [0.4, 0.5) is 11.4 Å². The molecule has 41 heavy (non-hydrogen) atoms. The average Bonchev–Trinajstić information content (AvgIpc) is 3.41. The van der Waals surface area contributed by atoms with Gasteiger partial charge < -0.3 is 19.6 Å². The zero-order valence-corrected chi connectivity index (χ0v) is 23.5. The summed E-state index contributed by atoms with van der Waals surface area (Å²) in [6.07, 6.45) is 1.74. The molecule has 210 valence electrons. The fraction of sp³-hybridized carbons (Fsp3) is 0.375. The van der Waals surface area contributed by atoms with E-state index in [2.05, 4.69) is 59.0 Å². The Morgan fingerprint density at radius 2 is 1.66 bits per heavy atom. The maximum Gasteiger partial charge on any atom is 0.354 e. The quantitative estimate of drug-likeness (QED) is 0.336. The fourth-order valence-corrected chi connectivity index (χ4v) is 5.83. The molecule has 2 aliphatic rings. The molecule has 0 unspecified atom stereocenters. The highest BCUT2D eigenvalue weighted by atomic mass is 16.5. The number of pyridine rings is 1. The number of fused-ring (bicyclic) bond motifs is 1. The standard InChI is InChI=1S/C32H34N6O3/c1-21(2)30-29-27(23-6-8-24(9-7-23)36-12-10-22(20-33)11-13-36)19-28(32(39)40)34-31(29)38(35-30)26-5-3-4-25(18-26)37-14-16-41-17-15-37/h3-9,18-19,21-22H,10-17H2,1-2H3,(H,39,40). The average molecular weight is 551 g/mol. The molecule has 2 aliphatic heterocycles. The van der Waals surface area contributed by atoms with E-state index in [1.807, 2.05) is 24.3 Å². The molecule has 4 heterocycles. The summed E-state index contributed by atoms with van der Waals surface area (Å²) in [5.41, 5.74) is 6.13. The number of ether oxygens (including phenoxy) is 1. The van der Waals surface area contributed by atoms with Crippen molar-refractivity contribution in [2.45, 2.75) is 32.6 Å². The van der Waals surface area contributed by atoms with Crippen molar-refractivity contribution in [3.63, 3.8) is 0 Å². The SMILES string of the molecule is CC(C)c1nn(-c2cccc(N3CCOCC3)c2)c2nc(C(=O)O)cc(-c3ccc(N4CCC(C#N)CC4)cc3)c12. The number of aromatic nitrogens is 3. The number of nitrogens with zero attached hydrogens (tertiary/aromatic N) is 6. The zero-order valence-electron chi connectivity index (χ0n) is 23.5. The van der Waals surface area contributed by atoms with Crippen molar-refractivity contribution in [3.05, 3.63) is 66.0 Å². The van der Waals surface area contributed by atoms with Gasteiger partial charge in [-0.2, -0.15) is 10.4 Å². The molecule has 2 fully saturated rings. The van der Waals surface area contributed by atoms with Gasteiger partial charge in [0.2, 0.25) is 0 Å².